The number of aryl methyl sites for hydroxylation is 2. The third kappa shape index (κ3) is 2.93. The molecule has 3 heteroatoms. The summed E-state index contributed by atoms with van der Waals surface area (Å²) in [6, 6.07) is 15.6. The van der Waals surface area contributed by atoms with Crippen LogP contribution in [0.1, 0.15) is 26.5 Å². The topological polar surface area (TPSA) is 30.0 Å². The van der Waals surface area contributed by atoms with Gasteiger partial charge in [0, 0.05) is 16.5 Å². The third-order valence-corrected chi connectivity index (χ3v) is 4.09. The molecule has 0 atom stereocenters. The average molecular weight is 293 g/mol. The lowest BCUT2D eigenvalue weighted by Crippen LogP contribution is -2.00. The summed E-state index contributed by atoms with van der Waals surface area (Å²) < 4.78 is 0. The van der Waals surface area contributed by atoms with Gasteiger partial charge in [-0.15, -0.1) is 11.3 Å². The molecule has 0 spiro atoms. The van der Waals surface area contributed by atoms with Gasteiger partial charge in [0.2, 0.25) is 5.78 Å². The quantitative estimate of drug-likeness (QED) is 0.657. The number of nitrogens with zero attached hydrogens (tertiary/aromatic N) is 1. The predicted molar refractivity (Wildman–Crippen MR) is 86.9 cm³/mol. The van der Waals surface area contributed by atoms with E-state index in [2.05, 4.69) is 37.0 Å². The van der Waals surface area contributed by atoms with Crippen molar-refractivity contribution < 1.29 is 4.79 Å². The predicted octanol–water partition coefficient (Wildman–Crippen LogP) is 4.66. The Balaban J connectivity index is 1.95. The number of aromatic nitrogens is 1. The molecular formula is C18H15NOS. The highest BCUT2D eigenvalue weighted by Gasteiger charge is 2.14. The maximum absolute atomic E-state index is 12.4. The van der Waals surface area contributed by atoms with Gasteiger partial charge in [-0.25, -0.2) is 4.98 Å². The number of ketones is 1. The third-order valence-electron chi connectivity index (χ3n) is 3.25. The first-order chi connectivity index (χ1) is 10.1. The summed E-state index contributed by atoms with van der Waals surface area (Å²) in [6.07, 6.45) is 0. The standard InChI is InChI=1S/C18H15NOS/c1-12-8-13(2)10-15(9-12)16-11-21-18(19-16)17(20)14-6-4-3-5-7-14/h3-11H,1-2H3. The average Bonchev–Trinajstić information content (AvgIpc) is 2.96. The second-order valence-electron chi connectivity index (χ2n) is 5.11. The second kappa shape index (κ2) is 5.62. The van der Waals surface area contributed by atoms with Crippen LogP contribution in [0.3, 0.4) is 0 Å². The van der Waals surface area contributed by atoms with Gasteiger partial charge in [0.15, 0.2) is 5.01 Å². The van der Waals surface area contributed by atoms with Crippen molar-refractivity contribution >= 4 is 17.1 Å². The van der Waals surface area contributed by atoms with Gasteiger partial charge in [-0.2, -0.15) is 0 Å². The molecule has 1 aromatic heterocycles. The van der Waals surface area contributed by atoms with Crippen LogP contribution in [-0.2, 0) is 0 Å². The molecule has 2 aromatic carbocycles. The molecule has 0 amide bonds. The molecule has 0 aliphatic heterocycles. The molecule has 3 rings (SSSR count). The molecule has 0 saturated heterocycles. The Hall–Kier alpha value is -2.26. The summed E-state index contributed by atoms with van der Waals surface area (Å²) in [6.45, 7) is 4.14. The number of thiazole rings is 1. The highest BCUT2D eigenvalue weighted by molar-refractivity contribution is 7.12. The lowest BCUT2D eigenvalue weighted by atomic mass is 10.1. The molecule has 1 heterocycles. The maximum Gasteiger partial charge on any atom is 0.221 e. The van der Waals surface area contributed by atoms with Crippen molar-refractivity contribution in [3.05, 3.63) is 75.6 Å². The molecule has 0 fully saturated rings. The Kier molecular flexibility index (Phi) is 3.67. The van der Waals surface area contributed by atoms with Crippen LogP contribution in [-0.4, -0.2) is 10.8 Å². The Bertz CT molecular complexity index is 770. The summed E-state index contributed by atoms with van der Waals surface area (Å²) in [5, 5.41) is 2.49. The van der Waals surface area contributed by atoms with E-state index in [0.717, 1.165) is 11.3 Å². The van der Waals surface area contributed by atoms with E-state index >= 15 is 0 Å². The minimum Gasteiger partial charge on any atom is -0.286 e. The first kappa shape index (κ1) is 13.7. The molecular weight excluding hydrogens is 278 g/mol. The van der Waals surface area contributed by atoms with Crippen molar-refractivity contribution in [2.45, 2.75) is 13.8 Å². The first-order valence-corrected chi connectivity index (χ1v) is 7.65. The van der Waals surface area contributed by atoms with Gasteiger partial charge in [-0.3, -0.25) is 4.79 Å². The van der Waals surface area contributed by atoms with Crippen LogP contribution in [0.4, 0.5) is 0 Å². The Morgan fingerprint density at radius 1 is 1.00 bits per heavy atom. The molecule has 104 valence electrons. The fourth-order valence-electron chi connectivity index (χ4n) is 2.35. The largest absolute Gasteiger partial charge is 0.286 e. The smallest absolute Gasteiger partial charge is 0.221 e. The zero-order chi connectivity index (χ0) is 14.8. The highest BCUT2D eigenvalue weighted by atomic mass is 32.1. The SMILES string of the molecule is Cc1cc(C)cc(-c2csc(C(=O)c3ccccc3)n2)c1. The molecule has 0 aliphatic carbocycles. The summed E-state index contributed by atoms with van der Waals surface area (Å²) in [7, 11) is 0. The van der Waals surface area contributed by atoms with E-state index in [-0.39, 0.29) is 5.78 Å². The highest BCUT2D eigenvalue weighted by Crippen LogP contribution is 2.25. The lowest BCUT2D eigenvalue weighted by molar-refractivity contribution is 0.103. The minimum absolute atomic E-state index is 0.0174. The van der Waals surface area contributed by atoms with Gasteiger partial charge >= 0.3 is 0 Å². The molecule has 21 heavy (non-hydrogen) atoms. The lowest BCUT2D eigenvalue weighted by Gasteiger charge is -2.01. The molecule has 0 radical (unpaired) electrons. The van der Waals surface area contributed by atoms with Crippen LogP contribution < -0.4 is 0 Å². The van der Waals surface area contributed by atoms with Crippen molar-refractivity contribution in [3.63, 3.8) is 0 Å². The van der Waals surface area contributed by atoms with Gasteiger partial charge in [0.25, 0.3) is 0 Å². The number of rotatable bonds is 3. The molecule has 0 bridgehead atoms. The summed E-state index contributed by atoms with van der Waals surface area (Å²) >= 11 is 1.40. The number of hydrogen-bond donors (Lipinski definition) is 0. The van der Waals surface area contributed by atoms with Crippen LogP contribution in [0.25, 0.3) is 11.3 Å². The minimum atomic E-state index is -0.0174. The monoisotopic (exact) mass is 293 g/mol. The Morgan fingerprint density at radius 2 is 1.67 bits per heavy atom. The van der Waals surface area contributed by atoms with Crippen molar-refractivity contribution in [2.75, 3.05) is 0 Å². The molecule has 3 aromatic rings. The van der Waals surface area contributed by atoms with E-state index in [1.165, 1.54) is 22.5 Å². The molecule has 2 nitrogen and oxygen atoms in total. The van der Waals surface area contributed by atoms with Gasteiger partial charge in [0.05, 0.1) is 5.69 Å². The van der Waals surface area contributed by atoms with Crippen LogP contribution in [0, 0.1) is 13.8 Å². The van der Waals surface area contributed by atoms with E-state index in [9.17, 15) is 4.79 Å². The number of carbonyl (C=O) groups excluding carboxylic acids is 1. The van der Waals surface area contributed by atoms with E-state index in [1.54, 1.807) is 0 Å². The number of hydrogen-bond acceptors (Lipinski definition) is 3. The zero-order valence-electron chi connectivity index (χ0n) is 12.0. The summed E-state index contributed by atoms with van der Waals surface area (Å²) in [5.41, 5.74) is 5.02. The second-order valence-corrected chi connectivity index (χ2v) is 5.97. The van der Waals surface area contributed by atoms with E-state index in [4.69, 9.17) is 0 Å². The normalized spacial score (nSPS) is 10.6. The first-order valence-electron chi connectivity index (χ1n) is 6.77. The fraction of sp³-hybridized carbons (Fsp3) is 0.111. The van der Waals surface area contributed by atoms with Gasteiger partial charge in [-0.1, -0.05) is 47.5 Å². The van der Waals surface area contributed by atoms with Gasteiger partial charge < -0.3 is 0 Å². The van der Waals surface area contributed by atoms with Crippen LogP contribution in [0.5, 0.6) is 0 Å². The van der Waals surface area contributed by atoms with Gasteiger partial charge in [-0.05, 0) is 26.0 Å². The van der Waals surface area contributed by atoms with E-state index < -0.39 is 0 Å². The molecule has 0 unspecified atom stereocenters. The molecule has 0 saturated carbocycles. The summed E-state index contributed by atoms with van der Waals surface area (Å²) in [4.78, 5) is 16.9. The van der Waals surface area contributed by atoms with Crippen molar-refractivity contribution in [2.24, 2.45) is 0 Å². The Morgan fingerprint density at radius 3 is 2.33 bits per heavy atom. The van der Waals surface area contributed by atoms with Crippen molar-refractivity contribution in [1.29, 1.82) is 0 Å². The number of benzene rings is 2. The van der Waals surface area contributed by atoms with Gasteiger partial charge in [0.1, 0.15) is 0 Å². The van der Waals surface area contributed by atoms with Crippen molar-refractivity contribution in [1.82, 2.24) is 4.98 Å². The van der Waals surface area contributed by atoms with Crippen LogP contribution in [0.15, 0.2) is 53.9 Å². The fourth-order valence-corrected chi connectivity index (χ4v) is 3.13. The summed E-state index contributed by atoms with van der Waals surface area (Å²) in [5.74, 6) is -0.0174. The van der Waals surface area contributed by atoms with Crippen molar-refractivity contribution in [3.8, 4) is 11.3 Å². The van der Waals surface area contributed by atoms with E-state index in [0.29, 0.717) is 10.6 Å². The number of carbonyl (C=O) groups is 1. The zero-order valence-corrected chi connectivity index (χ0v) is 12.8. The maximum atomic E-state index is 12.4. The van der Waals surface area contributed by atoms with Crippen LogP contribution in [0.2, 0.25) is 0 Å². The van der Waals surface area contributed by atoms with E-state index in [1.807, 2.05) is 35.7 Å². The molecule has 0 N–H and O–H groups in total. The Labute approximate surface area is 128 Å². The molecule has 0 aliphatic rings. The van der Waals surface area contributed by atoms with Crippen LogP contribution >= 0.6 is 11.3 Å².